The Morgan fingerprint density at radius 3 is 2.76 bits per heavy atom. The summed E-state index contributed by atoms with van der Waals surface area (Å²) in [4.78, 5) is 17.3. The van der Waals surface area contributed by atoms with Crippen LogP contribution in [0.4, 0.5) is 4.39 Å². The fourth-order valence-electron chi connectivity index (χ4n) is 3.20. The van der Waals surface area contributed by atoms with Gasteiger partial charge in [-0.25, -0.2) is 9.37 Å². The Morgan fingerprint density at radius 2 is 1.96 bits per heavy atom. The zero-order valence-electron chi connectivity index (χ0n) is 13.9. The van der Waals surface area contributed by atoms with Gasteiger partial charge in [-0.15, -0.1) is 0 Å². The molecule has 0 amide bonds. The summed E-state index contributed by atoms with van der Waals surface area (Å²) < 4.78 is 15.0. The molecule has 1 aromatic heterocycles. The molecule has 25 heavy (non-hydrogen) atoms. The van der Waals surface area contributed by atoms with Crippen molar-refractivity contribution in [2.24, 2.45) is 5.92 Å². The van der Waals surface area contributed by atoms with Gasteiger partial charge in [0.1, 0.15) is 11.6 Å². The van der Waals surface area contributed by atoms with Crippen molar-refractivity contribution in [3.05, 3.63) is 75.6 Å². The third kappa shape index (κ3) is 3.06. The van der Waals surface area contributed by atoms with Gasteiger partial charge in [0.15, 0.2) is 0 Å². The van der Waals surface area contributed by atoms with E-state index in [1.807, 2.05) is 12.1 Å². The molecule has 3 nitrogen and oxygen atoms in total. The standard InChI is InChI=1S/C21H17FN2O/c1-14-9-10-24-20(11-14)23-19-13-16(7-8-18(19)21(24)25)6-5-15-3-2-4-17(22)12-15/h2-4,7-8,12-14H,9-11H2,1H3. The van der Waals surface area contributed by atoms with Crippen molar-refractivity contribution in [3.8, 4) is 11.8 Å². The van der Waals surface area contributed by atoms with Crippen LogP contribution in [0, 0.1) is 23.6 Å². The summed E-state index contributed by atoms with van der Waals surface area (Å²) in [6.45, 7) is 2.92. The second-order valence-electron chi connectivity index (χ2n) is 6.58. The van der Waals surface area contributed by atoms with Gasteiger partial charge in [0.25, 0.3) is 5.56 Å². The SMILES string of the molecule is CC1CCn2c(nc3cc(C#Cc4cccc(F)c4)ccc3c2=O)C1. The van der Waals surface area contributed by atoms with Crippen molar-refractivity contribution in [3.63, 3.8) is 0 Å². The topological polar surface area (TPSA) is 34.9 Å². The third-order valence-electron chi connectivity index (χ3n) is 4.59. The first-order chi connectivity index (χ1) is 12.1. The van der Waals surface area contributed by atoms with E-state index in [-0.39, 0.29) is 11.4 Å². The molecule has 1 aliphatic rings. The van der Waals surface area contributed by atoms with E-state index in [2.05, 4.69) is 18.8 Å². The predicted molar refractivity (Wildman–Crippen MR) is 95.9 cm³/mol. The number of aromatic nitrogens is 2. The van der Waals surface area contributed by atoms with E-state index in [4.69, 9.17) is 4.98 Å². The smallest absolute Gasteiger partial charge is 0.261 e. The highest BCUT2D eigenvalue weighted by atomic mass is 19.1. The molecule has 4 heteroatoms. The summed E-state index contributed by atoms with van der Waals surface area (Å²) in [5.41, 5.74) is 2.08. The molecule has 4 rings (SSSR count). The van der Waals surface area contributed by atoms with Crippen molar-refractivity contribution in [1.29, 1.82) is 0 Å². The molecule has 0 N–H and O–H groups in total. The van der Waals surface area contributed by atoms with Crippen LogP contribution in [0.3, 0.4) is 0 Å². The summed E-state index contributed by atoms with van der Waals surface area (Å²) >= 11 is 0. The Labute approximate surface area is 145 Å². The molecular formula is C21H17FN2O. The molecule has 0 bridgehead atoms. The van der Waals surface area contributed by atoms with Crippen LogP contribution in [0.5, 0.6) is 0 Å². The van der Waals surface area contributed by atoms with Gasteiger partial charge >= 0.3 is 0 Å². The first kappa shape index (κ1) is 15.6. The molecule has 0 spiro atoms. The fraction of sp³-hybridized carbons (Fsp3) is 0.238. The highest BCUT2D eigenvalue weighted by molar-refractivity contribution is 5.79. The van der Waals surface area contributed by atoms with Crippen LogP contribution in [0.2, 0.25) is 0 Å². The first-order valence-electron chi connectivity index (χ1n) is 8.41. The molecule has 3 aromatic rings. The zero-order chi connectivity index (χ0) is 17.4. The van der Waals surface area contributed by atoms with Crippen LogP contribution in [-0.4, -0.2) is 9.55 Å². The van der Waals surface area contributed by atoms with Gasteiger partial charge in [-0.3, -0.25) is 9.36 Å². The van der Waals surface area contributed by atoms with E-state index in [1.165, 1.54) is 12.1 Å². The van der Waals surface area contributed by atoms with Crippen LogP contribution >= 0.6 is 0 Å². The molecule has 1 unspecified atom stereocenters. The van der Waals surface area contributed by atoms with Gasteiger partial charge in [-0.1, -0.05) is 24.8 Å². The van der Waals surface area contributed by atoms with E-state index in [1.54, 1.807) is 22.8 Å². The summed E-state index contributed by atoms with van der Waals surface area (Å²) in [7, 11) is 0. The lowest BCUT2D eigenvalue weighted by molar-refractivity contribution is 0.397. The number of hydrogen-bond acceptors (Lipinski definition) is 2. The Morgan fingerprint density at radius 1 is 1.16 bits per heavy atom. The average Bonchev–Trinajstić information content (AvgIpc) is 2.60. The molecule has 0 fully saturated rings. The lowest BCUT2D eigenvalue weighted by Gasteiger charge is -2.22. The summed E-state index contributed by atoms with van der Waals surface area (Å²) in [6, 6.07) is 11.6. The van der Waals surface area contributed by atoms with Crippen molar-refractivity contribution < 1.29 is 4.39 Å². The van der Waals surface area contributed by atoms with E-state index >= 15 is 0 Å². The fourth-order valence-corrected chi connectivity index (χ4v) is 3.20. The molecule has 124 valence electrons. The highest BCUT2D eigenvalue weighted by Gasteiger charge is 2.18. The molecule has 1 aliphatic heterocycles. The maximum Gasteiger partial charge on any atom is 0.261 e. The average molecular weight is 332 g/mol. The van der Waals surface area contributed by atoms with E-state index in [9.17, 15) is 9.18 Å². The van der Waals surface area contributed by atoms with Crippen molar-refractivity contribution in [2.75, 3.05) is 0 Å². The van der Waals surface area contributed by atoms with Gasteiger partial charge in [0.2, 0.25) is 0 Å². The summed E-state index contributed by atoms with van der Waals surface area (Å²) in [6.07, 6.45) is 1.83. The Bertz CT molecular complexity index is 1090. The van der Waals surface area contributed by atoms with Crippen LogP contribution in [0.15, 0.2) is 47.3 Å². The number of rotatable bonds is 0. The van der Waals surface area contributed by atoms with Crippen molar-refractivity contribution in [2.45, 2.75) is 26.3 Å². The van der Waals surface area contributed by atoms with E-state index in [0.717, 1.165) is 30.8 Å². The largest absolute Gasteiger partial charge is 0.296 e. The predicted octanol–water partition coefficient (Wildman–Crippen LogP) is 3.52. The number of hydrogen-bond donors (Lipinski definition) is 0. The molecule has 2 aromatic carbocycles. The molecule has 0 aliphatic carbocycles. The van der Waals surface area contributed by atoms with Gasteiger partial charge in [0, 0.05) is 24.1 Å². The lowest BCUT2D eigenvalue weighted by atomic mass is 9.99. The minimum atomic E-state index is -0.305. The molecule has 0 radical (unpaired) electrons. The Kier molecular flexibility index (Phi) is 3.85. The van der Waals surface area contributed by atoms with Gasteiger partial charge in [-0.05, 0) is 48.7 Å². The molecule has 0 saturated heterocycles. The highest BCUT2D eigenvalue weighted by Crippen LogP contribution is 2.19. The summed E-state index contributed by atoms with van der Waals surface area (Å²) in [5.74, 6) is 7.06. The second kappa shape index (κ2) is 6.18. The second-order valence-corrected chi connectivity index (χ2v) is 6.58. The number of nitrogens with zero attached hydrogens (tertiary/aromatic N) is 2. The maximum atomic E-state index is 13.2. The normalized spacial score (nSPS) is 16.2. The number of fused-ring (bicyclic) bond motifs is 2. The van der Waals surface area contributed by atoms with Crippen LogP contribution in [-0.2, 0) is 13.0 Å². The maximum absolute atomic E-state index is 13.2. The minimum Gasteiger partial charge on any atom is -0.296 e. The molecular weight excluding hydrogens is 315 g/mol. The van der Waals surface area contributed by atoms with Crippen molar-refractivity contribution in [1.82, 2.24) is 9.55 Å². The van der Waals surface area contributed by atoms with Crippen molar-refractivity contribution >= 4 is 10.9 Å². The third-order valence-corrected chi connectivity index (χ3v) is 4.59. The first-order valence-corrected chi connectivity index (χ1v) is 8.41. The lowest BCUT2D eigenvalue weighted by Crippen LogP contribution is -2.31. The van der Waals surface area contributed by atoms with Gasteiger partial charge < -0.3 is 0 Å². The van der Waals surface area contributed by atoms with E-state index in [0.29, 0.717) is 22.4 Å². The van der Waals surface area contributed by atoms with Gasteiger partial charge in [-0.2, -0.15) is 0 Å². The molecule has 0 saturated carbocycles. The number of halogens is 1. The van der Waals surface area contributed by atoms with Crippen LogP contribution in [0.1, 0.15) is 30.3 Å². The molecule has 1 atom stereocenters. The quantitative estimate of drug-likeness (QED) is 0.591. The minimum absolute atomic E-state index is 0.0246. The van der Waals surface area contributed by atoms with Crippen LogP contribution < -0.4 is 5.56 Å². The number of benzene rings is 2. The Balaban J connectivity index is 1.77. The summed E-state index contributed by atoms with van der Waals surface area (Å²) in [5, 5.41) is 0.620. The van der Waals surface area contributed by atoms with Gasteiger partial charge in [0.05, 0.1) is 10.9 Å². The van der Waals surface area contributed by atoms with E-state index < -0.39 is 0 Å². The molecule has 2 heterocycles. The van der Waals surface area contributed by atoms with Crippen LogP contribution in [0.25, 0.3) is 10.9 Å². The Hall–Kier alpha value is -2.93. The zero-order valence-corrected chi connectivity index (χ0v) is 13.9. The monoisotopic (exact) mass is 332 g/mol.